The highest BCUT2D eigenvalue weighted by Crippen LogP contribution is 2.36. The summed E-state index contributed by atoms with van der Waals surface area (Å²) in [6.07, 6.45) is -6.28. The highest BCUT2D eigenvalue weighted by molar-refractivity contribution is 5.94. The van der Waals surface area contributed by atoms with Crippen molar-refractivity contribution in [2.24, 2.45) is 0 Å². The van der Waals surface area contributed by atoms with Crippen LogP contribution in [0.1, 0.15) is 38.8 Å². The Morgan fingerprint density at radius 3 is 2.23 bits per heavy atom. The topological polar surface area (TPSA) is 75.1 Å². The maximum absolute atomic E-state index is 13.5. The van der Waals surface area contributed by atoms with E-state index in [1.165, 1.54) is 0 Å². The largest absolute Gasteiger partial charge is 0.506 e. The SMILES string of the molecule is O=C(N[C@@H](c1ccc(C(F)(F)F)cc1)c1ncccc1C(F)(F)F)c1cncc(O)c1. The predicted octanol–water partition coefficient (Wildman–Crippen LogP) is 4.74. The molecule has 1 amide bonds. The van der Waals surface area contributed by atoms with E-state index in [-0.39, 0.29) is 16.9 Å². The Hall–Kier alpha value is -3.63. The number of nitrogens with zero attached hydrogens (tertiary/aromatic N) is 2. The number of pyridine rings is 2. The van der Waals surface area contributed by atoms with Crippen molar-refractivity contribution in [3.8, 4) is 5.75 Å². The molecule has 1 atom stereocenters. The van der Waals surface area contributed by atoms with Gasteiger partial charge in [0.05, 0.1) is 34.6 Å². The summed E-state index contributed by atoms with van der Waals surface area (Å²) >= 11 is 0. The molecule has 0 aliphatic heterocycles. The van der Waals surface area contributed by atoms with Crippen molar-refractivity contribution in [1.82, 2.24) is 15.3 Å². The summed E-state index contributed by atoms with van der Waals surface area (Å²) in [5, 5.41) is 11.8. The number of halogens is 6. The summed E-state index contributed by atoms with van der Waals surface area (Å²) < 4.78 is 79.2. The van der Waals surface area contributed by atoms with Gasteiger partial charge in [0.1, 0.15) is 5.75 Å². The molecule has 0 saturated carbocycles. The molecule has 1 aromatic carbocycles. The van der Waals surface area contributed by atoms with Gasteiger partial charge in [-0.15, -0.1) is 0 Å². The van der Waals surface area contributed by atoms with E-state index >= 15 is 0 Å². The second-order valence-electron chi connectivity index (χ2n) is 6.39. The first-order valence-corrected chi connectivity index (χ1v) is 8.61. The van der Waals surface area contributed by atoms with Crippen LogP contribution in [0, 0.1) is 0 Å². The third-order valence-corrected chi connectivity index (χ3v) is 4.25. The van der Waals surface area contributed by atoms with Crippen LogP contribution in [0.4, 0.5) is 26.3 Å². The number of hydrogen-bond donors (Lipinski definition) is 2. The van der Waals surface area contributed by atoms with E-state index in [9.17, 15) is 36.2 Å². The Kier molecular flexibility index (Phi) is 5.87. The van der Waals surface area contributed by atoms with Gasteiger partial charge in [-0.05, 0) is 35.9 Å². The van der Waals surface area contributed by atoms with Gasteiger partial charge in [0, 0.05) is 12.4 Å². The molecular formula is C20H13F6N3O2. The second-order valence-corrected chi connectivity index (χ2v) is 6.39. The summed E-state index contributed by atoms with van der Waals surface area (Å²) in [6.45, 7) is 0. The van der Waals surface area contributed by atoms with Crippen molar-refractivity contribution in [3.05, 3.63) is 89.0 Å². The smallest absolute Gasteiger partial charge is 0.418 e. The van der Waals surface area contributed by atoms with E-state index in [0.717, 1.165) is 48.9 Å². The fraction of sp³-hybridized carbons (Fsp3) is 0.150. The highest BCUT2D eigenvalue weighted by atomic mass is 19.4. The first-order valence-electron chi connectivity index (χ1n) is 8.61. The maximum atomic E-state index is 13.5. The van der Waals surface area contributed by atoms with Crippen LogP contribution in [0.15, 0.2) is 61.1 Å². The fourth-order valence-corrected chi connectivity index (χ4v) is 2.83. The summed E-state index contributed by atoms with van der Waals surface area (Å²) in [5.41, 5.74) is -2.99. The Labute approximate surface area is 171 Å². The van der Waals surface area contributed by atoms with Gasteiger partial charge < -0.3 is 10.4 Å². The molecule has 0 aliphatic carbocycles. The van der Waals surface area contributed by atoms with Crippen LogP contribution in [0.5, 0.6) is 5.75 Å². The Morgan fingerprint density at radius 1 is 0.968 bits per heavy atom. The molecule has 0 aliphatic rings. The van der Waals surface area contributed by atoms with Crippen molar-refractivity contribution < 1.29 is 36.2 Å². The standard InChI is InChI=1S/C20H13F6N3O2/c21-19(22,23)13-5-3-11(4-6-13)16(17-15(20(24,25)26)2-1-7-28-17)29-18(31)12-8-14(30)10-27-9-12/h1-10,16,30H,(H,29,31)/t16-/m0/s1. The van der Waals surface area contributed by atoms with Crippen LogP contribution in [-0.2, 0) is 12.4 Å². The van der Waals surface area contributed by atoms with Crippen LogP contribution in [0.25, 0.3) is 0 Å². The number of amides is 1. The summed E-state index contributed by atoms with van der Waals surface area (Å²) in [5.74, 6) is -1.26. The molecule has 0 radical (unpaired) electrons. The zero-order valence-electron chi connectivity index (χ0n) is 15.4. The molecule has 3 rings (SSSR count). The lowest BCUT2D eigenvalue weighted by Crippen LogP contribution is -2.31. The third kappa shape index (κ3) is 5.11. The molecule has 31 heavy (non-hydrogen) atoms. The van der Waals surface area contributed by atoms with Crippen LogP contribution in [-0.4, -0.2) is 21.0 Å². The number of nitrogens with one attached hydrogen (secondary N) is 1. The van der Waals surface area contributed by atoms with Crippen LogP contribution in [0.2, 0.25) is 0 Å². The Balaban J connectivity index is 2.08. The molecule has 2 aromatic heterocycles. The van der Waals surface area contributed by atoms with Gasteiger partial charge >= 0.3 is 12.4 Å². The average Bonchev–Trinajstić information content (AvgIpc) is 2.71. The molecule has 162 valence electrons. The number of aromatic hydroxyl groups is 1. The quantitative estimate of drug-likeness (QED) is 0.574. The molecule has 11 heteroatoms. The van der Waals surface area contributed by atoms with Crippen LogP contribution < -0.4 is 5.32 Å². The second kappa shape index (κ2) is 8.25. The lowest BCUT2D eigenvalue weighted by atomic mass is 9.97. The number of rotatable bonds is 4. The van der Waals surface area contributed by atoms with Crippen molar-refractivity contribution in [3.63, 3.8) is 0 Å². The number of hydrogen-bond acceptors (Lipinski definition) is 4. The van der Waals surface area contributed by atoms with E-state index in [0.29, 0.717) is 12.1 Å². The minimum atomic E-state index is -4.83. The van der Waals surface area contributed by atoms with Gasteiger partial charge in [-0.2, -0.15) is 26.3 Å². The number of benzene rings is 1. The number of carbonyl (C=O) groups is 1. The predicted molar refractivity (Wildman–Crippen MR) is 95.9 cm³/mol. The van der Waals surface area contributed by atoms with Gasteiger partial charge in [0.2, 0.25) is 0 Å². The number of carbonyl (C=O) groups excluding carboxylic acids is 1. The summed E-state index contributed by atoms with van der Waals surface area (Å²) in [6, 6.07) is 4.62. The van der Waals surface area contributed by atoms with E-state index in [2.05, 4.69) is 15.3 Å². The molecular weight excluding hydrogens is 428 g/mol. The lowest BCUT2D eigenvalue weighted by Gasteiger charge is -2.23. The maximum Gasteiger partial charge on any atom is 0.418 e. The normalized spacial score (nSPS) is 13.0. The van der Waals surface area contributed by atoms with E-state index in [4.69, 9.17) is 0 Å². The van der Waals surface area contributed by atoms with Crippen molar-refractivity contribution >= 4 is 5.91 Å². The Bertz CT molecular complexity index is 1080. The molecule has 3 aromatic rings. The minimum Gasteiger partial charge on any atom is -0.506 e. The van der Waals surface area contributed by atoms with E-state index in [1.54, 1.807) is 0 Å². The molecule has 0 bridgehead atoms. The first-order chi connectivity index (χ1) is 14.5. The minimum absolute atomic E-state index is 0.0568. The fourth-order valence-electron chi connectivity index (χ4n) is 2.83. The molecule has 0 unspecified atom stereocenters. The van der Waals surface area contributed by atoms with Crippen molar-refractivity contribution in [2.45, 2.75) is 18.4 Å². The van der Waals surface area contributed by atoms with Gasteiger partial charge in [-0.25, -0.2) is 0 Å². The number of alkyl halides is 6. The Morgan fingerprint density at radius 2 is 1.65 bits per heavy atom. The zero-order chi connectivity index (χ0) is 22.8. The van der Waals surface area contributed by atoms with Gasteiger partial charge in [-0.3, -0.25) is 14.8 Å². The van der Waals surface area contributed by atoms with Crippen LogP contribution >= 0.6 is 0 Å². The molecule has 0 spiro atoms. The van der Waals surface area contributed by atoms with Crippen LogP contribution in [0.3, 0.4) is 0 Å². The highest BCUT2D eigenvalue weighted by Gasteiger charge is 2.37. The van der Waals surface area contributed by atoms with Gasteiger partial charge in [-0.1, -0.05) is 12.1 Å². The molecule has 2 heterocycles. The van der Waals surface area contributed by atoms with E-state index < -0.39 is 41.1 Å². The van der Waals surface area contributed by atoms with E-state index in [1.807, 2.05) is 0 Å². The lowest BCUT2D eigenvalue weighted by molar-refractivity contribution is -0.139. The monoisotopic (exact) mass is 441 g/mol. The molecule has 2 N–H and O–H groups in total. The van der Waals surface area contributed by atoms with Gasteiger partial charge in [0.25, 0.3) is 5.91 Å². The first kappa shape index (κ1) is 22.1. The zero-order valence-corrected chi connectivity index (χ0v) is 15.4. The van der Waals surface area contributed by atoms with Gasteiger partial charge in [0.15, 0.2) is 0 Å². The van der Waals surface area contributed by atoms with Crippen molar-refractivity contribution in [2.75, 3.05) is 0 Å². The summed E-state index contributed by atoms with van der Waals surface area (Å²) in [7, 11) is 0. The average molecular weight is 441 g/mol. The number of aromatic nitrogens is 2. The molecule has 5 nitrogen and oxygen atoms in total. The molecule has 0 fully saturated rings. The third-order valence-electron chi connectivity index (χ3n) is 4.25. The summed E-state index contributed by atoms with van der Waals surface area (Å²) in [4.78, 5) is 19.9. The van der Waals surface area contributed by atoms with Crippen molar-refractivity contribution in [1.29, 1.82) is 0 Å². The molecule has 0 saturated heterocycles.